The molecule has 0 aliphatic carbocycles. The Bertz CT molecular complexity index is 509. The summed E-state index contributed by atoms with van der Waals surface area (Å²) in [5.74, 6) is 0. The van der Waals surface area contributed by atoms with Crippen LogP contribution in [0.3, 0.4) is 0 Å². The lowest BCUT2D eigenvalue weighted by Gasteiger charge is -2.24. The van der Waals surface area contributed by atoms with Gasteiger partial charge in [0, 0.05) is 12.7 Å². The molecule has 0 radical (unpaired) electrons. The van der Waals surface area contributed by atoms with Crippen molar-refractivity contribution in [3.05, 3.63) is 18.0 Å². The van der Waals surface area contributed by atoms with E-state index in [9.17, 15) is 14.0 Å². The first kappa shape index (κ1) is 14.5. The van der Waals surface area contributed by atoms with Crippen LogP contribution in [0.1, 0.15) is 37.2 Å². The standard InChI is InChI=1S/C13H18FN3O3/c1-13(2,3)20-12(19)16-6-10(14)11(7-16)17-5-9(8-18)4-15-17/h4-5,8,10-11H,6-7H2,1-3H3/t10-,11+/m1/s1. The molecule has 2 heterocycles. The minimum Gasteiger partial charge on any atom is -0.444 e. The Kier molecular flexibility index (Phi) is 3.78. The quantitative estimate of drug-likeness (QED) is 0.777. The van der Waals surface area contributed by atoms with Crippen LogP contribution >= 0.6 is 0 Å². The van der Waals surface area contributed by atoms with Crippen LogP contribution < -0.4 is 0 Å². The Labute approximate surface area is 116 Å². The Balaban J connectivity index is 2.05. The van der Waals surface area contributed by atoms with Crippen LogP contribution in [0.5, 0.6) is 0 Å². The van der Waals surface area contributed by atoms with Crippen molar-refractivity contribution in [3.8, 4) is 0 Å². The first-order valence-electron chi connectivity index (χ1n) is 6.41. The highest BCUT2D eigenvalue weighted by Gasteiger charge is 2.38. The second-order valence-corrected chi connectivity index (χ2v) is 5.84. The van der Waals surface area contributed by atoms with Crippen molar-refractivity contribution in [2.45, 2.75) is 38.6 Å². The largest absolute Gasteiger partial charge is 0.444 e. The van der Waals surface area contributed by atoms with Gasteiger partial charge >= 0.3 is 6.09 Å². The van der Waals surface area contributed by atoms with E-state index in [2.05, 4.69) is 5.10 Å². The average molecular weight is 283 g/mol. The smallest absolute Gasteiger partial charge is 0.410 e. The Morgan fingerprint density at radius 2 is 2.20 bits per heavy atom. The minimum atomic E-state index is -1.23. The number of carbonyl (C=O) groups is 2. The van der Waals surface area contributed by atoms with E-state index in [0.29, 0.717) is 11.8 Å². The van der Waals surface area contributed by atoms with Crippen molar-refractivity contribution in [3.63, 3.8) is 0 Å². The lowest BCUT2D eigenvalue weighted by molar-refractivity contribution is 0.0281. The van der Waals surface area contributed by atoms with Gasteiger partial charge in [0.25, 0.3) is 0 Å². The van der Waals surface area contributed by atoms with E-state index in [1.807, 2.05) is 0 Å². The summed E-state index contributed by atoms with van der Waals surface area (Å²) in [5.41, 5.74) is -0.231. The van der Waals surface area contributed by atoms with Crippen molar-refractivity contribution in [2.24, 2.45) is 0 Å². The third kappa shape index (κ3) is 3.15. The number of hydrogen-bond donors (Lipinski definition) is 0. The number of halogens is 1. The van der Waals surface area contributed by atoms with Crippen molar-refractivity contribution in [2.75, 3.05) is 13.1 Å². The van der Waals surface area contributed by atoms with Crippen molar-refractivity contribution >= 4 is 12.4 Å². The Hall–Kier alpha value is -1.92. The summed E-state index contributed by atoms with van der Waals surface area (Å²) in [7, 11) is 0. The first-order chi connectivity index (χ1) is 9.30. The maximum Gasteiger partial charge on any atom is 0.410 e. The second-order valence-electron chi connectivity index (χ2n) is 5.84. The predicted molar refractivity (Wildman–Crippen MR) is 69.4 cm³/mol. The fourth-order valence-corrected chi connectivity index (χ4v) is 2.07. The molecule has 1 aliphatic rings. The molecule has 0 saturated carbocycles. The number of ether oxygens (including phenoxy) is 1. The van der Waals surface area contributed by atoms with E-state index in [0.717, 1.165) is 0 Å². The van der Waals surface area contributed by atoms with Gasteiger partial charge in [-0.3, -0.25) is 9.48 Å². The fraction of sp³-hybridized carbons (Fsp3) is 0.615. The number of carbonyl (C=O) groups excluding carboxylic acids is 2. The molecule has 1 aliphatic heterocycles. The first-order valence-corrected chi connectivity index (χ1v) is 6.41. The Morgan fingerprint density at radius 3 is 2.75 bits per heavy atom. The van der Waals surface area contributed by atoms with Gasteiger partial charge in [-0.25, -0.2) is 9.18 Å². The van der Waals surface area contributed by atoms with E-state index >= 15 is 0 Å². The SMILES string of the molecule is CC(C)(C)OC(=O)N1C[C@@H](F)[C@@H](n2cc(C=O)cn2)C1. The molecule has 0 aromatic carbocycles. The summed E-state index contributed by atoms with van der Waals surface area (Å²) in [4.78, 5) is 23.8. The van der Waals surface area contributed by atoms with E-state index < -0.39 is 23.9 Å². The molecule has 2 rings (SSSR count). The molecule has 0 bridgehead atoms. The molecule has 1 fully saturated rings. The van der Waals surface area contributed by atoms with Gasteiger partial charge in [0.05, 0.1) is 18.3 Å². The molecular formula is C13H18FN3O3. The van der Waals surface area contributed by atoms with Crippen LogP contribution in [-0.2, 0) is 4.74 Å². The van der Waals surface area contributed by atoms with Gasteiger partial charge in [-0.15, -0.1) is 0 Å². The van der Waals surface area contributed by atoms with E-state index in [1.54, 1.807) is 20.8 Å². The summed E-state index contributed by atoms with van der Waals surface area (Å²) in [6.45, 7) is 5.42. The molecule has 2 atom stereocenters. The van der Waals surface area contributed by atoms with Gasteiger partial charge in [-0.05, 0) is 20.8 Å². The molecule has 1 saturated heterocycles. The number of rotatable bonds is 2. The van der Waals surface area contributed by atoms with Crippen LogP contribution in [0.2, 0.25) is 0 Å². The predicted octanol–water partition coefficient (Wildman–Crippen LogP) is 1.83. The highest BCUT2D eigenvalue weighted by molar-refractivity contribution is 5.73. The molecule has 20 heavy (non-hydrogen) atoms. The van der Waals surface area contributed by atoms with E-state index in [1.165, 1.54) is 22.0 Å². The number of aldehydes is 1. The van der Waals surface area contributed by atoms with Crippen LogP contribution in [0, 0.1) is 0 Å². The van der Waals surface area contributed by atoms with Gasteiger partial charge < -0.3 is 9.64 Å². The van der Waals surface area contributed by atoms with Gasteiger partial charge in [0.2, 0.25) is 0 Å². The maximum atomic E-state index is 14.0. The van der Waals surface area contributed by atoms with Crippen LogP contribution in [0.4, 0.5) is 9.18 Å². The number of aromatic nitrogens is 2. The Morgan fingerprint density at radius 1 is 1.50 bits per heavy atom. The summed E-state index contributed by atoms with van der Waals surface area (Å²) in [6.07, 6.45) is 1.73. The molecule has 7 heteroatoms. The van der Waals surface area contributed by atoms with Crippen molar-refractivity contribution < 1.29 is 18.7 Å². The molecule has 0 unspecified atom stereocenters. The van der Waals surface area contributed by atoms with Gasteiger partial charge in [-0.2, -0.15) is 5.10 Å². The molecule has 6 nitrogen and oxygen atoms in total. The second kappa shape index (κ2) is 5.22. The normalized spacial score (nSPS) is 22.9. The third-order valence-corrected chi connectivity index (χ3v) is 2.97. The highest BCUT2D eigenvalue weighted by atomic mass is 19.1. The molecule has 110 valence electrons. The summed E-state index contributed by atoms with van der Waals surface area (Å²) in [5, 5.41) is 3.95. The zero-order valence-electron chi connectivity index (χ0n) is 11.7. The van der Waals surface area contributed by atoms with Crippen molar-refractivity contribution in [1.29, 1.82) is 0 Å². The number of alkyl halides is 1. The van der Waals surface area contributed by atoms with Gasteiger partial charge in [-0.1, -0.05) is 0 Å². The average Bonchev–Trinajstić information content (AvgIpc) is 2.92. The molecule has 1 aromatic rings. The lowest BCUT2D eigenvalue weighted by Crippen LogP contribution is -2.35. The van der Waals surface area contributed by atoms with Gasteiger partial charge in [0.1, 0.15) is 17.8 Å². The summed E-state index contributed by atoms with van der Waals surface area (Å²) < 4.78 is 20.6. The van der Waals surface area contributed by atoms with Crippen LogP contribution in [-0.4, -0.2) is 51.9 Å². The molecule has 0 N–H and O–H groups in total. The lowest BCUT2D eigenvalue weighted by atomic mass is 10.2. The van der Waals surface area contributed by atoms with Crippen LogP contribution in [0.15, 0.2) is 12.4 Å². The zero-order valence-corrected chi connectivity index (χ0v) is 11.7. The van der Waals surface area contributed by atoms with E-state index in [4.69, 9.17) is 4.74 Å². The zero-order chi connectivity index (χ0) is 14.9. The monoisotopic (exact) mass is 283 g/mol. The number of nitrogens with zero attached hydrogens (tertiary/aromatic N) is 3. The van der Waals surface area contributed by atoms with E-state index in [-0.39, 0.29) is 13.1 Å². The molecule has 1 amide bonds. The third-order valence-electron chi connectivity index (χ3n) is 2.97. The highest BCUT2D eigenvalue weighted by Crippen LogP contribution is 2.26. The topological polar surface area (TPSA) is 64.4 Å². The number of hydrogen-bond acceptors (Lipinski definition) is 4. The number of likely N-dealkylation sites (tertiary alicyclic amines) is 1. The fourth-order valence-electron chi connectivity index (χ4n) is 2.07. The molecular weight excluding hydrogens is 265 g/mol. The molecule has 0 spiro atoms. The van der Waals surface area contributed by atoms with Crippen molar-refractivity contribution in [1.82, 2.24) is 14.7 Å². The summed E-state index contributed by atoms with van der Waals surface area (Å²) in [6, 6.07) is -0.587. The van der Waals surface area contributed by atoms with Gasteiger partial charge in [0.15, 0.2) is 6.29 Å². The minimum absolute atomic E-state index is 0.0319. The molecule has 1 aromatic heterocycles. The van der Waals surface area contributed by atoms with Crippen LogP contribution in [0.25, 0.3) is 0 Å². The number of amides is 1. The maximum absolute atomic E-state index is 14.0. The summed E-state index contributed by atoms with van der Waals surface area (Å²) >= 11 is 0.